The summed E-state index contributed by atoms with van der Waals surface area (Å²) in [6.45, 7) is -0.303. The number of rotatable bonds is 9. The van der Waals surface area contributed by atoms with Gasteiger partial charge in [0.15, 0.2) is 11.2 Å². The summed E-state index contributed by atoms with van der Waals surface area (Å²) in [6, 6.07) is 18.2. The Bertz CT molecular complexity index is 1820. The van der Waals surface area contributed by atoms with E-state index in [1.807, 2.05) is 24.3 Å². The third-order valence-electron chi connectivity index (χ3n) is 5.70. The van der Waals surface area contributed by atoms with Crippen molar-refractivity contribution < 1.29 is 37.2 Å². The molecule has 0 spiro atoms. The van der Waals surface area contributed by atoms with Crippen LogP contribution in [0.25, 0.3) is 32.4 Å². The van der Waals surface area contributed by atoms with Gasteiger partial charge in [-0.25, -0.2) is 13.2 Å². The van der Waals surface area contributed by atoms with E-state index in [1.54, 1.807) is 18.2 Å². The number of methoxy groups -OCH3 is 1. The number of hydrogen-bond acceptors (Lipinski definition) is 10. The lowest BCUT2D eigenvalue weighted by atomic mass is 10.1. The van der Waals surface area contributed by atoms with E-state index < -0.39 is 27.7 Å². The normalized spacial score (nSPS) is 11.4. The molecule has 0 atom stereocenters. The lowest BCUT2D eigenvalue weighted by molar-refractivity contribution is -0.734. The molecule has 2 N–H and O–H groups in total. The number of fused-ring (bicyclic) bond motifs is 1. The fourth-order valence-corrected chi connectivity index (χ4v) is 5.02. The second kappa shape index (κ2) is 10.8. The standard InChI is InChI=1S/C25H20N6O7S2/c1-38-20-14-17(24(33)34)10-11-19(20)30-28-22(29-31(30)25-27-18-4-2-3-5-21(18)39-25)15-6-8-16(9-7-15)23(32)26-12-13-40(35,36)37/h2-11,14H,12-13H2,1H3,(H2-,26,32,33,34,35,36,37). The summed E-state index contributed by atoms with van der Waals surface area (Å²) in [5.74, 6) is -1.84. The molecule has 5 rings (SSSR count). The van der Waals surface area contributed by atoms with Crippen LogP contribution in [0, 0.1) is 0 Å². The van der Waals surface area contributed by atoms with E-state index in [0.717, 1.165) is 10.2 Å². The predicted octanol–water partition coefficient (Wildman–Crippen LogP) is 1.80. The maximum atomic E-state index is 12.3. The number of amides is 1. The molecule has 204 valence electrons. The van der Waals surface area contributed by atoms with E-state index in [9.17, 15) is 27.7 Å². The van der Waals surface area contributed by atoms with Gasteiger partial charge in [-0.3, -0.25) is 4.79 Å². The first kappa shape index (κ1) is 26.9. The van der Waals surface area contributed by atoms with Gasteiger partial charge in [-0.2, -0.15) is 0 Å². The van der Waals surface area contributed by atoms with Crippen LogP contribution < -0.4 is 14.9 Å². The summed E-state index contributed by atoms with van der Waals surface area (Å²) in [6.07, 6.45) is 0. The van der Waals surface area contributed by atoms with Gasteiger partial charge < -0.3 is 19.7 Å². The second-order valence-corrected chi connectivity index (χ2v) is 10.9. The minimum Gasteiger partial charge on any atom is -0.748 e. The Balaban J connectivity index is 1.54. The lowest BCUT2D eigenvalue weighted by Crippen LogP contribution is -2.43. The molecule has 2 aromatic heterocycles. The Morgan fingerprint density at radius 3 is 2.50 bits per heavy atom. The van der Waals surface area contributed by atoms with Crippen molar-refractivity contribution in [3.05, 3.63) is 77.9 Å². The Kier molecular flexibility index (Phi) is 7.25. The molecule has 0 saturated carbocycles. The van der Waals surface area contributed by atoms with Gasteiger partial charge in [0.1, 0.15) is 5.75 Å². The fourth-order valence-electron chi connectivity index (χ4n) is 3.76. The van der Waals surface area contributed by atoms with Crippen LogP contribution in [-0.2, 0) is 10.1 Å². The van der Waals surface area contributed by atoms with Crippen LogP contribution in [0.3, 0.4) is 0 Å². The summed E-state index contributed by atoms with van der Waals surface area (Å²) in [5, 5.41) is 21.6. The lowest BCUT2D eigenvalue weighted by Gasteiger charge is -2.08. The maximum Gasteiger partial charge on any atom is 0.365 e. The van der Waals surface area contributed by atoms with Crippen molar-refractivity contribution in [2.75, 3.05) is 19.4 Å². The number of aromatic nitrogens is 5. The van der Waals surface area contributed by atoms with E-state index in [4.69, 9.17) is 4.74 Å². The summed E-state index contributed by atoms with van der Waals surface area (Å²) < 4.78 is 38.7. The molecule has 1 amide bonds. The Morgan fingerprint density at radius 1 is 1.10 bits per heavy atom. The van der Waals surface area contributed by atoms with Gasteiger partial charge in [0.2, 0.25) is 0 Å². The molecule has 0 radical (unpaired) electrons. The van der Waals surface area contributed by atoms with Gasteiger partial charge in [-0.15, -0.1) is 0 Å². The topological polar surface area (TPSA) is 180 Å². The smallest absolute Gasteiger partial charge is 0.365 e. The van der Waals surface area contributed by atoms with E-state index >= 15 is 0 Å². The number of para-hydroxylation sites is 1. The highest BCUT2D eigenvalue weighted by atomic mass is 32.2. The number of carbonyl (C=O) groups is 2. The number of nitrogens with one attached hydrogen (secondary N) is 1. The molecular weight excluding hydrogens is 560 g/mol. The zero-order valence-electron chi connectivity index (χ0n) is 20.7. The maximum absolute atomic E-state index is 12.3. The van der Waals surface area contributed by atoms with Crippen molar-refractivity contribution in [3.63, 3.8) is 0 Å². The third kappa shape index (κ3) is 5.66. The first-order chi connectivity index (χ1) is 19.1. The molecule has 2 heterocycles. The number of carboxylic acids is 1. The highest BCUT2D eigenvalue weighted by molar-refractivity contribution is 7.85. The summed E-state index contributed by atoms with van der Waals surface area (Å²) in [7, 11) is -3.02. The van der Waals surface area contributed by atoms with Crippen molar-refractivity contribution in [1.82, 2.24) is 25.3 Å². The van der Waals surface area contributed by atoms with Crippen molar-refractivity contribution in [2.45, 2.75) is 0 Å². The summed E-state index contributed by atoms with van der Waals surface area (Å²) in [4.78, 5) is 31.4. The van der Waals surface area contributed by atoms with Gasteiger partial charge in [0.05, 0.1) is 33.2 Å². The third-order valence-corrected chi connectivity index (χ3v) is 7.40. The van der Waals surface area contributed by atoms with Crippen LogP contribution in [-0.4, -0.2) is 69.3 Å². The van der Waals surface area contributed by atoms with E-state index in [1.165, 1.54) is 52.3 Å². The number of thiazole rings is 1. The van der Waals surface area contributed by atoms with Crippen LogP contribution in [0.4, 0.5) is 0 Å². The number of aromatic carboxylic acids is 1. The largest absolute Gasteiger partial charge is 0.748 e. The van der Waals surface area contributed by atoms with Gasteiger partial charge in [0, 0.05) is 22.8 Å². The number of nitrogens with zero attached hydrogens (tertiary/aromatic N) is 5. The van der Waals surface area contributed by atoms with Crippen molar-refractivity contribution in [2.24, 2.45) is 0 Å². The molecule has 0 saturated heterocycles. The molecule has 0 fully saturated rings. The van der Waals surface area contributed by atoms with Crippen molar-refractivity contribution in [3.8, 4) is 28.0 Å². The molecule has 15 heteroatoms. The Labute approximate surface area is 231 Å². The van der Waals surface area contributed by atoms with Gasteiger partial charge in [-0.05, 0) is 69.3 Å². The highest BCUT2D eigenvalue weighted by Gasteiger charge is 2.27. The molecule has 0 unspecified atom stereocenters. The second-order valence-electron chi connectivity index (χ2n) is 8.35. The molecule has 0 aliphatic carbocycles. The van der Waals surface area contributed by atoms with E-state index in [0.29, 0.717) is 16.4 Å². The molecule has 0 aliphatic heterocycles. The number of tetrazole rings is 1. The van der Waals surface area contributed by atoms with Crippen LogP contribution in [0.2, 0.25) is 0 Å². The number of carboxylic acid groups (broad SMARTS) is 1. The minimum absolute atomic E-state index is 0.0363. The van der Waals surface area contributed by atoms with E-state index in [2.05, 4.69) is 20.5 Å². The number of benzene rings is 3. The average Bonchev–Trinajstić information content (AvgIpc) is 3.56. The Hall–Kier alpha value is -4.73. The first-order valence-corrected chi connectivity index (χ1v) is 14.0. The molecule has 13 nitrogen and oxygen atoms in total. The Morgan fingerprint density at radius 2 is 1.82 bits per heavy atom. The number of carbonyl (C=O) groups excluding carboxylic acids is 1. The molecule has 3 aromatic carbocycles. The van der Waals surface area contributed by atoms with E-state index in [-0.39, 0.29) is 29.2 Å². The molecule has 0 bridgehead atoms. The zero-order valence-corrected chi connectivity index (χ0v) is 22.3. The van der Waals surface area contributed by atoms with Gasteiger partial charge in [-0.1, -0.05) is 28.5 Å². The highest BCUT2D eigenvalue weighted by Crippen LogP contribution is 2.26. The quantitative estimate of drug-likeness (QED) is 0.193. The molecule has 5 aromatic rings. The molecular formula is C25H20N6O7S2. The van der Waals surface area contributed by atoms with Crippen molar-refractivity contribution >= 4 is 43.5 Å². The number of ether oxygens (including phenoxy) is 1. The molecule has 0 aliphatic rings. The first-order valence-electron chi connectivity index (χ1n) is 11.6. The summed E-state index contributed by atoms with van der Waals surface area (Å²) in [5.41, 5.74) is 2.01. The van der Waals surface area contributed by atoms with Crippen LogP contribution in [0.1, 0.15) is 20.7 Å². The van der Waals surface area contributed by atoms with Gasteiger partial charge >= 0.3 is 11.1 Å². The molecule has 40 heavy (non-hydrogen) atoms. The SMILES string of the molecule is COc1cc(C(=O)O)ccc1-n1nc(-c2ccc(C(=O)NCCS(=O)(=O)[O-])cc2)n[n+]1-c1nc2ccccc2s1. The summed E-state index contributed by atoms with van der Waals surface area (Å²) >= 11 is 1.38. The van der Waals surface area contributed by atoms with Crippen LogP contribution in [0.15, 0.2) is 66.7 Å². The van der Waals surface area contributed by atoms with Crippen LogP contribution >= 0.6 is 11.3 Å². The van der Waals surface area contributed by atoms with Gasteiger partial charge in [0.25, 0.3) is 11.7 Å². The minimum atomic E-state index is -4.44. The monoisotopic (exact) mass is 580 g/mol. The van der Waals surface area contributed by atoms with Crippen molar-refractivity contribution in [1.29, 1.82) is 0 Å². The predicted molar refractivity (Wildman–Crippen MR) is 142 cm³/mol. The average molecular weight is 581 g/mol. The van der Waals surface area contributed by atoms with Crippen LogP contribution in [0.5, 0.6) is 5.75 Å². The zero-order chi connectivity index (χ0) is 28.4. The number of hydrogen-bond donors (Lipinski definition) is 2. The fraction of sp³-hybridized carbons (Fsp3) is 0.120.